The van der Waals surface area contributed by atoms with Crippen LogP contribution in [0.5, 0.6) is 5.75 Å². The number of benzene rings is 1. The molecule has 0 amide bonds. The molecular weight excluding hydrogens is 232 g/mol. The maximum atomic E-state index is 10.8. The number of hydrogen-bond acceptors (Lipinski definition) is 4. The van der Waals surface area contributed by atoms with Crippen LogP contribution in [0, 0.1) is 0 Å². The Kier molecular flexibility index (Phi) is 5.12. The number of likely N-dealkylation sites (N-methyl/N-ethyl adjacent to an activating group) is 1. The van der Waals surface area contributed by atoms with Gasteiger partial charge < -0.3 is 20.5 Å². The average molecular weight is 252 g/mol. The molecule has 0 aliphatic carbocycles. The van der Waals surface area contributed by atoms with E-state index in [1.807, 2.05) is 43.3 Å². The maximum Gasteiger partial charge on any atom is 0.304 e. The minimum Gasteiger partial charge on any atom is -0.497 e. The molecule has 2 atom stereocenters. The second kappa shape index (κ2) is 6.37. The minimum absolute atomic E-state index is 0.0694. The molecule has 2 unspecified atom stereocenters. The molecule has 0 radical (unpaired) electrons. The van der Waals surface area contributed by atoms with E-state index in [0.29, 0.717) is 0 Å². The highest BCUT2D eigenvalue weighted by molar-refractivity contribution is 5.67. The number of rotatable bonds is 6. The normalized spacial score (nSPS) is 14.3. The second-order valence-electron chi connectivity index (χ2n) is 4.45. The predicted octanol–water partition coefficient (Wildman–Crippen LogP) is 1.10. The van der Waals surface area contributed by atoms with Crippen molar-refractivity contribution in [2.24, 2.45) is 5.73 Å². The van der Waals surface area contributed by atoms with E-state index in [0.717, 1.165) is 11.3 Å². The summed E-state index contributed by atoms with van der Waals surface area (Å²) in [4.78, 5) is 12.7. The fourth-order valence-electron chi connectivity index (χ4n) is 2.07. The molecule has 3 N–H and O–H groups in total. The van der Waals surface area contributed by atoms with Crippen LogP contribution in [0.4, 0.5) is 0 Å². The molecule has 100 valence electrons. The van der Waals surface area contributed by atoms with Gasteiger partial charge in [-0.1, -0.05) is 12.1 Å². The number of nitrogens with two attached hydrogens (primary N) is 1. The van der Waals surface area contributed by atoms with Gasteiger partial charge in [0.05, 0.1) is 19.6 Å². The molecule has 0 spiro atoms. The second-order valence-corrected chi connectivity index (χ2v) is 4.45. The lowest BCUT2D eigenvalue weighted by atomic mass is 9.96. The van der Waals surface area contributed by atoms with Gasteiger partial charge in [0.25, 0.3) is 0 Å². The van der Waals surface area contributed by atoms with Crippen molar-refractivity contribution in [1.82, 2.24) is 4.90 Å². The van der Waals surface area contributed by atoms with Crippen molar-refractivity contribution in [3.63, 3.8) is 0 Å². The number of carboxylic acid groups (broad SMARTS) is 1. The Balaban J connectivity index is 2.99. The monoisotopic (exact) mass is 252 g/mol. The minimum atomic E-state index is -0.891. The van der Waals surface area contributed by atoms with E-state index in [9.17, 15) is 4.79 Å². The Hall–Kier alpha value is -1.59. The molecule has 1 aromatic carbocycles. The van der Waals surface area contributed by atoms with E-state index in [1.165, 1.54) is 0 Å². The van der Waals surface area contributed by atoms with Gasteiger partial charge in [-0.25, -0.2) is 0 Å². The summed E-state index contributed by atoms with van der Waals surface area (Å²) in [6.45, 7) is 0. The molecule has 0 saturated heterocycles. The van der Waals surface area contributed by atoms with Gasteiger partial charge in [-0.3, -0.25) is 4.79 Å². The van der Waals surface area contributed by atoms with E-state index in [4.69, 9.17) is 15.6 Å². The molecule has 0 fully saturated rings. The average Bonchev–Trinajstić information content (AvgIpc) is 2.28. The molecule has 0 aliphatic rings. The van der Waals surface area contributed by atoms with Crippen molar-refractivity contribution in [3.8, 4) is 5.75 Å². The van der Waals surface area contributed by atoms with Gasteiger partial charge >= 0.3 is 5.97 Å². The number of aliphatic carboxylic acids is 1. The van der Waals surface area contributed by atoms with Gasteiger partial charge in [0.2, 0.25) is 0 Å². The SMILES string of the molecule is COc1cccc(C(C(N)CC(=O)O)N(C)C)c1. The first-order valence-corrected chi connectivity index (χ1v) is 5.73. The fraction of sp³-hybridized carbons (Fsp3) is 0.462. The number of methoxy groups -OCH3 is 1. The zero-order valence-corrected chi connectivity index (χ0v) is 11.0. The summed E-state index contributed by atoms with van der Waals surface area (Å²) >= 11 is 0. The lowest BCUT2D eigenvalue weighted by Crippen LogP contribution is -2.38. The van der Waals surface area contributed by atoms with Crippen LogP contribution in [0.2, 0.25) is 0 Å². The van der Waals surface area contributed by atoms with Gasteiger partial charge in [-0.05, 0) is 31.8 Å². The Labute approximate surface area is 107 Å². The highest BCUT2D eigenvalue weighted by atomic mass is 16.5. The molecule has 1 aromatic rings. The van der Waals surface area contributed by atoms with Crippen LogP contribution in [-0.4, -0.2) is 43.2 Å². The first-order chi connectivity index (χ1) is 8.45. The zero-order chi connectivity index (χ0) is 13.7. The molecule has 0 aliphatic heterocycles. The molecule has 0 aromatic heterocycles. The quantitative estimate of drug-likeness (QED) is 0.793. The van der Waals surface area contributed by atoms with Crippen LogP contribution < -0.4 is 10.5 Å². The van der Waals surface area contributed by atoms with Crippen LogP contribution in [0.15, 0.2) is 24.3 Å². The number of ether oxygens (including phenoxy) is 1. The van der Waals surface area contributed by atoms with Crippen molar-refractivity contribution in [1.29, 1.82) is 0 Å². The summed E-state index contributed by atoms with van der Waals surface area (Å²) in [7, 11) is 5.36. The molecule has 1 rings (SSSR count). The lowest BCUT2D eigenvalue weighted by molar-refractivity contribution is -0.137. The Morgan fingerprint density at radius 2 is 2.17 bits per heavy atom. The molecule has 5 nitrogen and oxygen atoms in total. The van der Waals surface area contributed by atoms with Crippen LogP contribution >= 0.6 is 0 Å². The first-order valence-electron chi connectivity index (χ1n) is 5.73. The third kappa shape index (κ3) is 3.72. The summed E-state index contributed by atoms with van der Waals surface area (Å²) < 4.78 is 5.17. The number of carboxylic acids is 1. The smallest absolute Gasteiger partial charge is 0.304 e. The van der Waals surface area contributed by atoms with E-state index in [-0.39, 0.29) is 12.5 Å². The number of carbonyl (C=O) groups is 1. The highest BCUT2D eigenvalue weighted by Crippen LogP contribution is 2.25. The van der Waals surface area contributed by atoms with Gasteiger partial charge in [0.1, 0.15) is 5.75 Å². The number of nitrogens with zero attached hydrogens (tertiary/aromatic N) is 1. The highest BCUT2D eigenvalue weighted by Gasteiger charge is 2.24. The van der Waals surface area contributed by atoms with Gasteiger partial charge in [0.15, 0.2) is 0 Å². The molecule has 0 saturated carbocycles. The summed E-state index contributed by atoms with van der Waals surface area (Å²) in [6.07, 6.45) is -0.0694. The van der Waals surface area contributed by atoms with Crippen LogP contribution in [-0.2, 0) is 4.79 Å². The Morgan fingerprint density at radius 3 is 2.67 bits per heavy atom. The summed E-state index contributed by atoms with van der Waals surface area (Å²) in [5.41, 5.74) is 6.93. The topological polar surface area (TPSA) is 75.8 Å². The van der Waals surface area contributed by atoms with Crippen molar-refractivity contribution in [2.75, 3.05) is 21.2 Å². The summed E-state index contributed by atoms with van der Waals surface area (Å²) in [6, 6.07) is 6.90. The van der Waals surface area contributed by atoms with Crippen molar-refractivity contribution >= 4 is 5.97 Å². The predicted molar refractivity (Wildman–Crippen MR) is 69.7 cm³/mol. The zero-order valence-electron chi connectivity index (χ0n) is 11.0. The molecular formula is C13H20N2O3. The first kappa shape index (κ1) is 14.5. The maximum absolute atomic E-state index is 10.8. The van der Waals surface area contributed by atoms with Crippen molar-refractivity contribution in [3.05, 3.63) is 29.8 Å². The Morgan fingerprint density at radius 1 is 1.50 bits per heavy atom. The largest absolute Gasteiger partial charge is 0.497 e. The molecule has 0 heterocycles. The van der Waals surface area contributed by atoms with E-state index in [2.05, 4.69) is 0 Å². The number of hydrogen-bond donors (Lipinski definition) is 2. The van der Waals surface area contributed by atoms with Gasteiger partial charge in [0, 0.05) is 6.04 Å². The van der Waals surface area contributed by atoms with Crippen molar-refractivity contribution in [2.45, 2.75) is 18.5 Å². The Bertz CT molecular complexity index is 407. The van der Waals surface area contributed by atoms with E-state index in [1.54, 1.807) is 7.11 Å². The fourth-order valence-corrected chi connectivity index (χ4v) is 2.07. The molecule has 0 bridgehead atoms. The van der Waals surface area contributed by atoms with Crippen LogP contribution in [0.25, 0.3) is 0 Å². The van der Waals surface area contributed by atoms with Gasteiger partial charge in [-0.2, -0.15) is 0 Å². The molecule has 18 heavy (non-hydrogen) atoms. The third-order valence-corrected chi connectivity index (χ3v) is 2.81. The van der Waals surface area contributed by atoms with E-state index < -0.39 is 12.0 Å². The van der Waals surface area contributed by atoms with Gasteiger partial charge in [-0.15, -0.1) is 0 Å². The van der Waals surface area contributed by atoms with Crippen molar-refractivity contribution < 1.29 is 14.6 Å². The lowest BCUT2D eigenvalue weighted by Gasteiger charge is -2.29. The summed E-state index contributed by atoms with van der Waals surface area (Å²) in [5, 5.41) is 8.84. The van der Waals surface area contributed by atoms with Crippen LogP contribution in [0.3, 0.4) is 0 Å². The van der Waals surface area contributed by atoms with E-state index >= 15 is 0 Å². The summed E-state index contributed by atoms with van der Waals surface area (Å²) in [5.74, 6) is -0.154. The van der Waals surface area contributed by atoms with Crippen LogP contribution in [0.1, 0.15) is 18.0 Å². The standard InChI is InChI=1S/C13H20N2O3/c1-15(2)13(11(14)8-12(16)17)9-5-4-6-10(7-9)18-3/h4-7,11,13H,8,14H2,1-3H3,(H,16,17). The third-order valence-electron chi connectivity index (χ3n) is 2.81. The molecule has 5 heteroatoms.